The fraction of sp³-hybridized carbons (Fsp3) is 0.500. The van der Waals surface area contributed by atoms with E-state index in [1.54, 1.807) is 6.07 Å². The second-order valence-electron chi connectivity index (χ2n) is 4.31. The summed E-state index contributed by atoms with van der Waals surface area (Å²) in [7, 11) is 0. The molecule has 2 atom stereocenters. The van der Waals surface area contributed by atoms with Crippen LogP contribution >= 0.6 is 0 Å². The Bertz CT molecular complexity index is 384. The standard InChI is InChI=1S/C14H20N2O/c1-3-5-14(17)10-16-11(2)13-7-4-6-12(8-13)9-15/h4,6-8,11,14,16-17H,3,5,10H2,1-2H3. The van der Waals surface area contributed by atoms with Gasteiger partial charge in [-0.05, 0) is 31.0 Å². The molecule has 0 amide bonds. The van der Waals surface area contributed by atoms with E-state index in [-0.39, 0.29) is 12.1 Å². The van der Waals surface area contributed by atoms with E-state index in [4.69, 9.17) is 5.26 Å². The average molecular weight is 232 g/mol. The Kier molecular flexibility index (Phi) is 5.68. The van der Waals surface area contributed by atoms with Gasteiger partial charge in [0.2, 0.25) is 0 Å². The van der Waals surface area contributed by atoms with Crippen LogP contribution in [0.25, 0.3) is 0 Å². The minimum Gasteiger partial charge on any atom is -0.392 e. The highest BCUT2D eigenvalue weighted by molar-refractivity contribution is 5.33. The van der Waals surface area contributed by atoms with Gasteiger partial charge in [0.15, 0.2) is 0 Å². The van der Waals surface area contributed by atoms with Crippen molar-refractivity contribution in [1.29, 1.82) is 5.26 Å². The van der Waals surface area contributed by atoms with Gasteiger partial charge in [0.25, 0.3) is 0 Å². The van der Waals surface area contributed by atoms with Crippen LogP contribution in [0.4, 0.5) is 0 Å². The summed E-state index contributed by atoms with van der Waals surface area (Å²) in [5, 5.41) is 21.7. The number of benzene rings is 1. The summed E-state index contributed by atoms with van der Waals surface area (Å²) in [5.74, 6) is 0. The summed E-state index contributed by atoms with van der Waals surface area (Å²) < 4.78 is 0. The van der Waals surface area contributed by atoms with E-state index in [1.165, 1.54) is 0 Å². The molecule has 2 N–H and O–H groups in total. The van der Waals surface area contributed by atoms with Crippen LogP contribution in [0.1, 0.15) is 43.9 Å². The van der Waals surface area contributed by atoms with Gasteiger partial charge in [-0.3, -0.25) is 0 Å². The molecule has 3 nitrogen and oxygen atoms in total. The molecule has 0 spiro atoms. The van der Waals surface area contributed by atoms with Gasteiger partial charge in [0.1, 0.15) is 0 Å². The van der Waals surface area contributed by atoms with Gasteiger partial charge in [0.05, 0.1) is 17.7 Å². The first-order valence-electron chi connectivity index (χ1n) is 6.09. The third-order valence-corrected chi connectivity index (χ3v) is 2.80. The molecule has 0 aliphatic carbocycles. The summed E-state index contributed by atoms with van der Waals surface area (Å²) in [6, 6.07) is 9.83. The van der Waals surface area contributed by atoms with Crippen LogP contribution in [0.15, 0.2) is 24.3 Å². The Labute approximate surface area is 103 Å². The minimum atomic E-state index is -0.290. The monoisotopic (exact) mass is 232 g/mol. The van der Waals surface area contributed by atoms with E-state index in [9.17, 15) is 5.11 Å². The van der Waals surface area contributed by atoms with Crippen LogP contribution in [0.5, 0.6) is 0 Å². The van der Waals surface area contributed by atoms with Crippen LogP contribution in [0.3, 0.4) is 0 Å². The summed E-state index contributed by atoms with van der Waals surface area (Å²) in [6.07, 6.45) is 1.51. The van der Waals surface area contributed by atoms with E-state index in [0.29, 0.717) is 12.1 Å². The highest BCUT2D eigenvalue weighted by Gasteiger charge is 2.08. The van der Waals surface area contributed by atoms with Crippen molar-refractivity contribution >= 4 is 0 Å². The molecule has 0 heterocycles. The van der Waals surface area contributed by atoms with Crippen molar-refractivity contribution in [1.82, 2.24) is 5.32 Å². The first kappa shape index (κ1) is 13.7. The normalized spacial score (nSPS) is 14.0. The molecule has 1 aromatic carbocycles. The molecule has 3 heteroatoms. The molecule has 0 radical (unpaired) electrons. The van der Waals surface area contributed by atoms with E-state index >= 15 is 0 Å². The van der Waals surface area contributed by atoms with Crippen LogP contribution in [0, 0.1) is 11.3 Å². The zero-order chi connectivity index (χ0) is 12.7. The molecule has 0 saturated heterocycles. The van der Waals surface area contributed by atoms with Crippen molar-refractivity contribution in [3.05, 3.63) is 35.4 Å². The fourth-order valence-corrected chi connectivity index (χ4v) is 1.74. The highest BCUT2D eigenvalue weighted by atomic mass is 16.3. The van der Waals surface area contributed by atoms with Gasteiger partial charge >= 0.3 is 0 Å². The van der Waals surface area contributed by atoms with Gasteiger partial charge in [0, 0.05) is 12.6 Å². The molecule has 92 valence electrons. The SMILES string of the molecule is CCCC(O)CNC(C)c1cccc(C#N)c1. The van der Waals surface area contributed by atoms with Crippen LogP contribution in [-0.4, -0.2) is 17.8 Å². The summed E-state index contributed by atoms with van der Waals surface area (Å²) in [6.45, 7) is 4.68. The van der Waals surface area contributed by atoms with Crippen LogP contribution in [-0.2, 0) is 0 Å². The second-order valence-corrected chi connectivity index (χ2v) is 4.31. The molecule has 0 aliphatic heterocycles. The lowest BCUT2D eigenvalue weighted by atomic mass is 10.1. The molecule has 1 aromatic rings. The second kappa shape index (κ2) is 7.05. The zero-order valence-electron chi connectivity index (χ0n) is 10.5. The number of rotatable bonds is 6. The maximum absolute atomic E-state index is 9.63. The molecule has 0 aromatic heterocycles. The Hall–Kier alpha value is -1.37. The summed E-state index contributed by atoms with van der Waals surface area (Å²) in [4.78, 5) is 0. The average Bonchev–Trinajstić information content (AvgIpc) is 2.36. The maximum atomic E-state index is 9.63. The molecular formula is C14H20N2O. The van der Waals surface area contributed by atoms with Crippen LogP contribution < -0.4 is 5.32 Å². The Morgan fingerprint density at radius 1 is 1.47 bits per heavy atom. The minimum absolute atomic E-state index is 0.148. The zero-order valence-corrected chi connectivity index (χ0v) is 10.5. The fourth-order valence-electron chi connectivity index (χ4n) is 1.74. The number of hydrogen-bond donors (Lipinski definition) is 2. The van der Waals surface area contributed by atoms with Gasteiger partial charge in [-0.2, -0.15) is 5.26 Å². The van der Waals surface area contributed by atoms with E-state index in [2.05, 4.69) is 18.3 Å². The molecule has 0 saturated carbocycles. The van der Waals surface area contributed by atoms with Gasteiger partial charge in [-0.15, -0.1) is 0 Å². The number of aliphatic hydroxyl groups is 1. The van der Waals surface area contributed by atoms with Crippen molar-refractivity contribution in [2.45, 2.75) is 38.8 Å². The number of aliphatic hydroxyl groups excluding tert-OH is 1. The van der Waals surface area contributed by atoms with Crippen molar-refractivity contribution in [2.75, 3.05) is 6.54 Å². The molecule has 0 aliphatic rings. The number of nitrogens with zero attached hydrogens (tertiary/aromatic N) is 1. The largest absolute Gasteiger partial charge is 0.392 e. The molecule has 1 rings (SSSR count). The smallest absolute Gasteiger partial charge is 0.0991 e. The van der Waals surface area contributed by atoms with Gasteiger partial charge in [-0.1, -0.05) is 25.5 Å². The lowest BCUT2D eigenvalue weighted by Crippen LogP contribution is -2.28. The molecule has 0 fully saturated rings. The third-order valence-electron chi connectivity index (χ3n) is 2.80. The van der Waals surface area contributed by atoms with E-state index in [1.807, 2.05) is 25.1 Å². The molecule has 0 bridgehead atoms. The Balaban J connectivity index is 2.52. The van der Waals surface area contributed by atoms with Gasteiger partial charge < -0.3 is 10.4 Å². The predicted molar refractivity (Wildman–Crippen MR) is 68.5 cm³/mol. The summed E-state index contributed by atoms with van der Waals surface area (Å²) >= 11 is 0. The Morgan fingerprint density at radius 2 is 2.24 bits per heavy atom. The third kappa shape index (κ3) is 4.56. The first-order chi connectivity index (χ1) is 8.17. The maximum Gasteiger partial charge on any atom is 0.0991 e. The van der Waals surface area contributed by atoms with Crippen molar-refractivity contribution in [3.63, 3.8) is 0 Å². The van der Waals surface area contributed by atoms with E-state index in [0.717, 1.165) is 18.4 Å². The first-order valence-corrected chi connectivity index (χ1v) is 6.09. The Morgan fingerprint density at radius 3 is 2.88 bits per heavy atom. The van der Waals surface area contributed by atoms with Crippen molar-refractivity contribution < 1.29 is 5.11 Å². The van der Waals surface area contributed by atoms with Crippen molar-refractivity contribution in [3.8, 4) is 6.07 Å². The molecular weight excluding hydrogens is 212 g/mol. The van der Waals surface area contributed by atoms with Gasteiger partial charge in [-0.25, -0.2) is 0 Å². The molecule has 2 unspecified atom stereocenters. The topological polar surface area (TPSA) is 56.0 Å². The lowest BCUT2D eigenvalue weighted by Gasteiger charge is -2.17. The number of nitriles is 1. The molecule has 17 heavy (non-hydrogen) atoms. The van der Waals surface area contributed by atoms with E-state index < -0.39 is 0 Å². The number of nitrogens with one attached hydrogen (secondary N) is 1. The van der Waals surface area contributed by atoms with Crippen molar-refractivity contribution in [2.24, 2.45) is 0 Å². The summed E-state index contributed by atoms with van der Waals surface area (Å²) in [5.41, 5.74) is 1.75. The lowest BCUT2D eigenvalue weighted by molar-refractivity contribution is 0.157. The number of hydrogen-bond acceptors (Lipinski definition) is 3. The van der Waals surface area contributed by atoms with Crippen LogP contribution in [0.2, 0.25) is 0 Å². The quantitative estimate of drug-likeness (QED) is 0.791. The highest BCUT2D eigenvalue weighted by Crippen LogP contribution is 2.13. The predicted octanol–water partition coefficient (Wildman–Crippen LogP) is 2.37.